The lowest BCUT2D eigenvalue weighted by Crippen LogP contribution is -2.30. The van der Waals surface area contributed by atoms with Crippen molar-refractivity contribution in [3.05, 3.63) is 95.3 Å². The number of amides is 2. The quantitative estimate of drug-likeness (QED) is 0.699. The van der Waals surface area contributed by atoms with E-state index in [1.807, 2.05) is 43.3 Å². The number of benzene rings is 2. The summed E-state index contributed by atoms with van der Waals surface area (Å²) < 4.78 is 0. The van der Waals surface area contributed by atoms with Gasteiger partial charge in [0.05, 0.1) is 22.8 Å². The summed E-state index contributed by atoms with van der Waals surface area (Å²) in [5.74, 6) is -0.556. The fourth-order valence-electron chi connectivity index (χ4n) is 2.83. The van der Waals surface area contributed by atoms with E-state index in [2.05, 4.69) is 10.3 Å². The average molecular weight is 384 g/mol. The van der Waals surface area contributed by atoms with Crippen LogP contribution >= 0.6 is 0 Å². The Morgan fingerprint density at radius 3 is 2.38 bits per heavy atom. The van der Waals surface area contributed by atoms with Gasteiger partial charge in [-0.2, -0.15) is 5.26 Å². The SMILES string of the molecule is CCN(Cc1ccccc1)C(=O)c1cncc(C(=O)Nc2ccc(C#N)cc2)c1. The standard InChI is InChI=1S/C23H20N4O2/c1-2-27(16-18-6-4-3-5-7-18)23(29)20-12-19(14-25-15-20)22(28)26-21-10-8-17(13-24)9-11-21/h3-12,14-15H,2,16H2,1H3,(H,26,28). The van der Waals surface area contributed by atoms with Gasteiger partial charge < -0.3 is 10.2 Å². The van der Waals surface area contributed by atoms with Crippen molar-refractivity contribution in [1.82, 2.24) is 9.88 Å². The molecule has 2 aromatic carbocycles. The van der Waals surface area contributed by atoms with E-state index in [4.69, 9.17) is 5.26 Å². The van der Waals surface area contributed by atoms with Crippen molar-refractivity contribution in [1.29, 1.82) is 5.26 Å². The number of nitrogens with one attached hydrogen (secondary N) is 1. The van der Waals surface area contributed by atoms with Gasteiger partial charge >= 0.3 is 0 Å². The predicted octanol–water partition coefficient (Wildman–Crippen LogP) is 3.87. The molecule has 29 heavy (non-hydrogen) atoms. The molecule has 0 radical (unpaired) electrons. The van der Waals surface area contributed by atoms with E-state index in [1.165, 1.54) is 12.4 Å². The molecule has 3 rings (SSSR count). The van der Waals surface area contributed by atoms with Gasteiger partial charge in [0.15, 0.2) is 0 Å². The van der Waals surface area contributed by atoms with Crippen molar-refractivity contribution < 1.29 is 9.59 Å². The van der Waals surface area contributed by atoms with Crippen LogP contribution in [0.1, 0.15) is 38.8 Å². The normalized spacial score (nSPS) is 10.1. The van der Waals surface area contributed by atoms with Gasteiger partial charge in [-0.3, -0.25) is 14.6 Å². The molecule has 0 fully saturated rings. The Labute approximate surface area is 169 Å². The number of anilines is 1. The molecule has 6 heteroatoms. The molecule has 1 aromatic heterocycles. The summed E-state index contributed by atoms with van der Waals surface area (Å²) in [5.41, 5.74) is 2.75. The number of pyridine rings is 1. The highest BCUT2D eigenvalue weighted by Crippen LogP contribution is 2.14. The summed E-state index contributed by atoms with van der Waals surface area (Å²) in [6.45, 7) is 2.93. The van der Waals surface area contributed by atoms with Crippen LogP contribution in [-0.2, 0) is 6.54 Å². The van der Waals surface area contributed by atoms with Crippen LogP contribution in [0.5, 0.6) is 0 Å². The third-order valence-electron chi connectivity index (χ3n) is 4.40. The first-order chi connectivity index (χ1) is 14.1. The number of rotatable bonds is 6. The zero-order valence-electron chi connectivity index (χ0n) is 16.0. The first-order valence-corrected chi connectivity index (χ1v) is 9.20. The molecule has 3 aromatic rings. The predicted molar refractivity (Wildman–Crippen MR) is 110 cm³/mol. The maximum atomic E-state index is 12.9. The molecule has 0 spiro atoms. The molecule has 0 aliphatic rings. The highest BCUT2D eigenvalue weighted by atomic mass is 16.2. The lowest BCUT2D eigenvalue weighted by Gasteiger charge is -2.21. The van der Waals surface area contributed by atoms with E-state index < -0.39 is 0 Å². The van der Waals surface area contributed by atoms with Gasteiger partial charge in [0.2, 0.25) is 0 Å². The third-order valence-corrected chi connectivity index (χ3v) is 4.40. The molecule has 0 atom stereocenters. The van der Waals surface area contributed by atoms with Gasteiger partial charge in [0.1, 0.15) is 0 Å². The van der Waals surface area contributed by atoms with E-state index >= 15 is 0 Å². The molecule has 144 valence electrons. The molecule has 0 aliphatic heterocycles. The second-order valence-corrected chi connectivity index (χ2v) is 6.41. The highest BCUT2D eigenvalue weighted by Gasteiger charge is 2.17. The van der Waals surface area contributed by atoms with Crippen molar-refractivity contribution in [3.63, 3.8) is 0 Å². The molecule has 1 N–H and O–H groups in total. The van der Waals surface area contributed by atoms with Crippen LogP contribution in [0.2, 0.25) is 0 Å². The minimum Gasteiger partial charge on any atom is -0.335 e. The molecule has 0 saturated carbocycles. The molecule has 2 amide bonds. The van der Waals surface area contributed by atoms with Crippen molar-refractivity contribution in [2.45, 2.75) is 13.5 Å². The van der Waals surface area contributed by atoms with Gasteiger partial charge in [0.25, 0.3) is 11.8 Å². The Kier molecular flexibility index (Phi) is 6.33. The number of nitrogens with zero attached hydrogens (tertiary/aromatic N) is 3. The van der Waals surface area contributed by atoms with Gasteiger partial charge in [0, 0.05) is 31.2 Å². The van der Waals surface area contributed by atoms with E-state index in [-0.39, 0.29) is 17.4 Å². The summed E-state index contributed by atoms with van der Waals surface area (Å²) >= 11 is 0. The largest absolute Gasteiger partial charge is 0.335 e. The minimum atomic E-state index is -0.372. The maximum Gasteiger partial charge on any atom is 0.257 e. The van der Waals surface area contributed by atoms with E-state index in [1.54, 1.807) is 35.2 Å². The van der Waals surface area contributed by atoms with Crippen LogP contribution in [0.15, 0.2) is 73.1 Å². The summed E-state index contributed by atoms with van der Waals surface area (Å²) in [7, 11) is 0. The monoisotopic (exact) mass is 384 g/mol. The van der Waals surface area contributed by atoms with Crippen LogP contribution in [0.3, 0.4) is 0 Å². The molecular formula is C23H20N4O2. The minimum absolute atomic E-state index is 0.183. The number of aromatic nitrogens is 1. The third kappa shape index (κ3) is 5.05. The lowest BCUT2D eigenvalue weighted by molar-refractivity contribution is 0.0752. The van der Waals surface area contributed by atoms with Crippen molar-refractivity contribution in [2.24, 2.45) is 0 Å². The van der Waals surface area contributed by atoms with Crippen molar-refractivity contribution in [3.8, 4) is 6.07 Å². The number of nitriles is 1. The Bertz CT molecular complexity index is 1040. The summed E-state index contributed by atoms with van der Waals surface area (Å²) in [6.07, 6.45) is 2.89. The zero-order chi connectivity index (χ0) is 20.6. The number of carbonyl (C=O) groups excluding carboxylic acids is 2. The van der Waals surface area contributed by atoms with E-state index in [0.717, 1.165) is 5.56 Å². The van der Waals surface area contributed by atoms with Crippen molar-refractivity contribution >= 4 is 17.5 Å². The lowest BCUT2D eigenvalue weighted by atomic mass is 10.1. The summed E-state index contributed by atoms with van der Waals surface area (Å²) in [4.78, 5) is 31.2. The fraction of sp³-hybridized carbons (Fsp3) is 0.130. The van der Waals surface area contributed by atoms with Crippen LogP contribution in [0.25, 0.3) is 0 Å². The topological polar surface area (TPSA) is 86.1 Å². The fourth-order valence-corrected chi connectivity index (χ4v) is 2.83. The second-order valence-electron chi connectivity index (χ2n) is 6.41. The van der Waals surface area contributed by atoms with Gasteiger partial charge in [-0.1, -0.05) is 30.3 Å². The maximum absolute atomic E-state index is 12.9. The van der Waals surface area contributed by atoms with Crippen LogP contribution in [0, 0.1) is 11.3 Å². The molecular weight excluding hydrogens is 364 g/mol. The first kappa shape index (κ1) is 19.8. The van der Waals surface area contributed by atoms with Crippen molar-refractivity contribution in [2.75, 3.05) is 11.9 Å². The van der Waals surface area contributed by atoms with E-state index in [9.17, 15) is 9.59 Å². The molecule has 0 bridgehead atoms. The molecule has 0 aliphatic carbocycles. The van der Waals surface area contributed by atoms with Gasteiger partial charge in [-0.25, -0.2) is 0 Å². The van der Waals surface area contributed by atoms with Gasteiger partial charge in [-0.15, -0.1) is 0 Å². The first-order valence-electron chi connectivity index (χ1n) is 9.20. The molecule has 0 saturated heterocycles. The van der Waals surface area contributed by atoms with Crippen LogP contribution in [0.4, 0.5) is 5.69 Å². The Balaban J connectivity index is 1.74. The Morgan fingerprint density at radius 2 is 1.72 bits per heavy atom. The number of hydrogen-bond donors (Lipinski definition) is 1. The molecule has 1 heterocycles. The Morgan fingerprint density at radius 1 is 1.03 bits per heavy atom. The molecule has 6 nitrogen and oxygen atoms in total. The van der Waals surface area contributed by atoms with E-state index in [0.29, 0.717) is 29.9 Å². The average Bonchev–Trinajstić information content (AvgIpc) is 2.78. The molecule has 0 unspecified atom stereocenters. The highest BCUT2D eigenvalue weighted by molar-refractivity contribution is 6.05. The summed E-state index contributed by atoms with van der Waals surface area (Å²) in [6, 6.07) is 19.9. The zero-order valence-corrected chi connectivity index (χ0v) is 16.0. The number of carbonyl (C=O) groups is 2. The summed E-state index contributed by atoms with van der Waals surface area (Å²) in [5, 5.41) is 11.6. The van der Waals surface area contributed by atoms with Crippen LogP contribution < -0.4 is 5.32 Å². The smallest absolute Gasteiger partial charge is 0.257 e. The Hall–Kier alpha value is -3.98. The van der Waals surface area contributed by atoms with Gasteiger partial charge in [-0.05, 0) is 42.8 Å². The second kappa shape index (κ2) is 9.29. The van der Waals surface area contributed by atoms with Crippen LogP contribution in [-0.4, -0.2) is 28.2 Å². The number of hydrogen-bond acceptors (Lipinski definition) is 4.